The molecule has 6 nitrogen and oxygen atoms in total. The summed E-state index contributed by atoms with van der Waals surface area (Å²) in [6.07, 6.45) is 0. The molecule has 0 saturated carbocycles. The zero-order valence-electron chi connectivity index (χ0n) is 16.4. The molecule has 0 radical (unpaired) electrons. The number of hydrogen-bond donors (Lipinski definition) is 1. The van der Waals surface area contributed by atoms with Crippen molar-refractivity contribution in [3.05, 3.63) is 89.5 Å². The lowest BCUT2D eigenvalue weighted by molar-refractivity contribution is -0.124. The van der Waals surface area contributed by atoms with Crippen molar-refractivity contribution in [2.45, 2.75) is 6.54 Å². The van der Waals surface area contributed by atoms with E-state index in [4.69, 9.17) is 9.47 Å². The van der Waals surface area contributed by atoms with Crippen molar-refractivity contribution < 1.29 is 19.1 Å². The minimum absolute atomic E-state index is 0.256. The molecule has 0 aliphatic heterocycles. The molecule has 0 unspecified atom stereocenters. The maximum Gasteiger partial charge on any atom is 0.339 e. The summed E-state index contributed by atoms with van der Waals surface area (Å²) in [4.78, 5) is 24.7. The van der Waals surface area contributed by atoms with E-state index >= 15 is 0 Å². The van der Waals surface area contributed by atoms with Crippen molar-refractivity contribution >= 4 is 11.9 Å². The van der Waals surface area contributed by atoms with Crippen molar-refractivity contribution in [3.8, 4) is 22.9 Å². The van der Waals surface area contributed by atoms with Crippen LogP contribution in [0.15, 0.2) is 72.8 Å². The van der Waals surface area contributed by atoms with Gasteiger partial charge in [-0.05, 0) is 23.8 Å². The molecule has 0 fully saturated rings. The highest BCUT2D eigenvalue weighted by Crippen LogP contribution is 2.27. The number of methoxy groups -OCH3 is 1. The van der Waals surface area contributed by atoms with Gasteiger partial charge in [-0.2, -0.15) is 5.26 Å². The van der Waals surface area contributed by atoms with E-state index in [0.717, 1.165) is 5.56 Å². The average molecular weight is 400 g/mol. The standard InChI is InChI=1S/C24H20N2O4/c1-29-22-13-7-3-9-18(22)15-26-23(27)16-30-24(28)21-12-6-5-11-20(21)19-10-4-2-8-17(19)14-25/h2-13H,15-16H2,1H3,(H,26,27). The van der Waals surface area contributed by atoms with Gasteiger partial charge in [-0.1, -0.05) is 54.6 Å². The predicted octanol–water partition coefficient (Wildman–Crippen LogP) is 3.71. The topological polar surface area (TPSA) is 88.4 Å². The van der Waals surface area contributed by atoms with Crippen molar-refractivity contribution in [2.24, 2.45) is 0 Å². The highest BCUT2D eigenvalue weighted by molar-refractivity contribution is 5.98. The maximum absolute atomic E-state index is 12.6. The van der Waals surface area contributed by atoms with E-state index in [-0.39, 0.29) is 12.1 Å². The Balaban J connectivity index is 1.66. The second-order valence-corrected chi connectivity index (χ2v) is 6.37. The first-order valence-electron chi connectivity index (χ1n) is 9.28. The van der Waals surface area contributed by atoms with Crippen LogP contribution in [-0.4, -0.2) is 25.6 Å². The summed E-state index contributed by atoms with van der Waals surface area (Å²) in [6.45, 7) is -0.158. The van der Waals surface area contributed by atoms with Gasteiger partial charge in [0.1, 0.15) is 5.75 Å². The molecule has 30 heavy (non-hydrogen) atoms. The highest BCUT2D eigenvalue weighted by atomic mass is 16.5. The first-order chi connectivity index (χ1) is 14.6. The second-order valence-electron chi connectivity index (χ2n) is 6.37. The zero-order valence-corrected chi connectivity index (χ0v) is 16.4. The molecule has 0 aromatic heterocycles. The molecule has 1 N–H and O–H groups in total. The monoisotopic (exact) mass is 400 g/mol. The number of benzene rings is 3. The van der Waals surface area contributed by atoms with Gasteiger partial charge in [0, 0.05) is 17.7 Å². The van der Waals surface area contributed by atoms with Gasteiger partial charge in [0.05, 0.1) is 24.3 Å². The third-order valence-electron chi connectivity index (χ3n) is 4.49. The number of para-hydroxylation sites is 1. The van der Waals surface area contributed by atoms with E-state index < -0.39 is 18.5 Å². The van der Waals surface area contributed by atoms with Crippen LogP contribution in [0.5, 0.6) is 5.75 Å². The summed E-state index contributed by atoms with van der Waals surface area (Å²) in [7, 11) is 1.56. The Morgan fingerprint density at radius 3 is 2.37 bits per heavy atom. The van der Waals surface area contributed by atoms with Gasteiger partial charge in [0.15, 0.2) is 6.61 Å². The van der Waals surface area contributed by atoms with Crippen LogP contribution in [0.3, 0.4) is 0 Å². The van der Waals surface area contributed by atoms with Crippen LogP contribution in [0.1, 0.15) is 21.5 Å². The average Bonchev–Trinajstić information content (AvgIpc) is 2.81. The van der Waals surface area contributed by atoms with Crippen molar-refractivity contribution in [1.82, 2.24) is 5.32 Å². The van der Waals surface area contributed by atoms with Crippen LogP contribution < -0.4 is 10.1 Å². The van der Waals surface area contributed by atoms with Crippen LogP contribution >= 0.6 is 0 Å². The summed E-state index contributed by atoms with van der Waals surface area (Å²) in [5, 5.41) is 12.1. The van der Waals surface area contributed by atoms with Crippen LogP contribution in [0.4, 0.5) is 0 Å². The molecular formula is C24H20N2O4. The minimum atomic E-state index is -0.634. The smallest absolute Gasteiger partial charge is 0.339 e. The van der Waals surface area contributed by atoms with E-state index in [1.54, 1.807) is 61.7 Å². The van der Waals surface area contributed by atoms with Gasteiger partial charge in [-0.3, -0.25) is 4.79 Å². The number of rotatable bonds is 7. The number of nitrogens with zero attached hydrogens (tertiary/aromatic N) is 1. The Kier molecular flexibility index (Phi) is 6.80. The summed E-state index contributed by atoms with van der Waals surface area (Å²) in [5.74, 6) is -0.394. The van der Waals surface area contributed by atoms with Gasteiger partial charge in [-0.15, -0.1) is 0 Å². The van der Waals surface area contributed by atoms with Crippen LogP contribution in [0, 0.1) is 11.3 Å². The Morgan fingerprint density at radius 2 is 1.60 bits per heavy atom. The summed E-state index contributed by atoms with van der Waals surface area (Å²) < 4.78 is 10.5. The van der Waals surface area contributed by atoms with Crippen molar-refractivity contribution in [2.75, 3.05) is 13.7 Å². The normalized spacial score (nSPS) is 10.0. The maximum atomic E-state index is 12.6. The summed E-state index contributed by atoms with van der Waals surface area (Å²) in [6, 6.07) is 23.3. The van der Waals surface area contributed by atoms with E-state index in [0.29, 0.717) is 22.4 Å². The van der Waals surface area contributed by atoms with Gasteiger partial charge >= 0.3 is 5.97 Å². The highest BCUT2D eigenvalue weighted by Gasteiger charge is 2.17. The Morgan fingerprint density at radius 1 is 0.933 bits per heavy atom. The van der Waals surface area contributed by atoms with Gasteiger partial charge in [-0.25, -0.2) is 4.79 Å². The van der Waals surface area contributed by atoms with E-state index in [2.05, 4.69) is 11.4 Å². The fourth-order valence-electron chi connectivity index (χ4n) is 3.01. The Labute approximate surface area is 174 Å². The molecule has 3 rings (SSSR count). The molecule has 0 atom stereocenters. The molecule has 0 spiro atoms. The first-order valence-corrected chi connectivity index (χ1v) is 9.28. The van der Waals surface area contributed by atoms with E-state index in [1.165, 1.54) is 0 Å². The number of esters is 1. The van der Waals surface area contributed by atoms with E-state index in [9.17, 15) is 14.9 Å². The molecule has 0 heterocycles. The van der Waals surface area contributed by atoms with Crippen LogP contribution in [0.25, 0.3) is 11.1 Å². The molecule has 3 aromatic carbocycles. The minimum Gasteiger partial charge on any atom is -0.496 e. The lowest BCUT2D eigenvalue weighted by atomic mass is 9.96. The van der Waals surface area contributed by atoms with Crippen molar-refractivity contribution in [1.29, 1.82) is 5.26 Å². The fourth-order valence-corrected chi connectivity index (χ4v) is 3.01. The van der Waals surface area contributed by atoms with Gasteiger partial charge in [0.25, 0.3) is 5.91 Å². The molecule has 150 valence electrons. The molecule has 0 aliphatic rings. The summed E-state index contributed by atoms with van der Waals surface area (Å²) in [5.41, 5.74) is 2.77. The number of carbonyl (C=O) groups excluding carboxylic acids is 2. The van der Waals surface area contributed by atoms with Crippen molar-refractivity contribution in [3.63, 3.8) is 0 Å². The lowest BCUT2D eigenvalue weighted by Crippen LogP contribution is -2.28. The Bertz CT molecular complexity index is 1100. The zero-order chi connectivity index (χ0) is 21.3. The number of hydrogen-bond acceptors (Lipinski definition) is 5. The number of carbonyl (C=O) groups is 2. The molecule has 6 heteroatoms. The first kappa shape index (κ1) is 20.6. The Hall–Kier alpha value is -4.11. The second kappa shape index (κ2) is 9.89. The third kappa shape index (κ3) is 4.83. The quantitative estimate of drug-likeness (QED) is 0.611. The number of amides is 1. The SMILES string of the molecule is COc1ccccc1CNC(=O)COC(=O)c1ccccc1-c1ccccc1C#N. The molecular weight excluding hydrogens is 380 g/mol. The molecule has 3 aromatic rings. The van der Waals surface area contributed by atoms with Crippen LogP contribution in [0.2, 0.25) is 0 Å². The van der Waals surface area contributed by atoms with E-state index in [1.807, 2.05) is 18.2 Å². The third-order valence-corrected chi connectivity index (χ3v) is 4.49. The number of nitrogens with one attached hydrogen (secondary N) is 1. The van der Waals surface area contributed by atoms with Gasteiger partial charge in [0.2, 0.25) is 0 Å². The lowest BCUT2D eigenvalue weighted by Gasteiger charge is -2.12. The number of ether oxygens (including phenoxy) is 2. The largest absolute Gasteiger partial charge is 0.496 e. The molecule has 1 amide bonds. The summed E-state index contributed by atoms with van der Waals surface area (Å²) >= 11 is 0. The van der Waals surface area contributed by atoms with Gasteiger partial charge < -0.3 is 14.8 Å². The molecule has 0 aliphatic carbocycles. The molecule has 0 bridgehead atoms. The number of nitriles is 1. The fraction of sp³-hybridized carbons (Fsp3) is 0.125. The molecule has 0 saturated heterocycles. The van der Waals surface area contributed by atoms with Crippen LogP contribution in [-0.2, 0) is 16.1 Å². The predicted molar refractivity (Wildman–Crippen MR) is 112 cm³/mol.